The van der Waals surface area contributed by atoms with Crippen LogP contribution < -0.4 is 0 Å². The predicted molar refractivity (Wildman–Crippen MR) is 69.3 cm³/mol. The standard InChI is InChI=1S/C16H16/c1-11-3-5-14-9-13(7-11)10-15-8-12(2)4-6-16(14)15/h3-8H,9-10H2,1-2H3. The molecule has 2 bridgehead atoms. The summed E-state index contributed by atoms with van der Waals surface area (Å²) < 4.78 is 0. The summed E-state index contributed by atoms with van der Waals surface area (Å²) in [4.78, 5) is 0. The fourth-order valence-electron chi connectivity index (χ4n) is 2.68. The zero-order valence-electron chi connectivity index (χ0n) is 9.88. The highest BCUT2D eigenvalue weighted by molar-refractivity contribution is 5.76. The molecule has 0 radical (unpaired) electrons. The van der Waals surface area contributed by atoms with E-state index in [1.54, 1.807) is 5.57 Å². The molecule has 2 aliphatic rings. The van der Waals surface area contributed by atoms with Crippen molar-refractivity contribution in [1.82, 2.24) is 0 Å². The van der Waals surface area contributed by atoms with Gasteiger partial charge in [-0.05, 0) is 43.4 Å². The summed E-state index contributed by atoms with van der Waals surface area (Å²) in [5.74, 6) is 0. The molecule has 0 saturated carbocycles. The first-order valence-electron chi connectivity index (χ1n) is 5.89. The van der Waals surface area contributed by atoms with Crippen molar-refractivity contribution in [1.29, 1.82) is 0 Å². The van der Waals surface area contributed by atoms with Gasteiger partial charge in [0.1, 0.15) is 0 Å². The van der Waals surface area contributed by atoms with Gasteiger partial charge in [-0.25, -0.2) is 0 Å². The molecule has 0 fully saturated rings. The van der Waals surface area contributed by atoms with Crippen LogP contribution in [-0.4, -0.2) is 0 Å². The van der Waals surface area contributed by atoms with Crippen molar-refractivity contribution in [3.63, 3.8) is 0 Å². The maximum atomic E-state index is 2.34. The van der Waals surface area contributed by atoms with Gasteiger partial charge in [0.05, 0.1) is 0 Å². The first-order chi connectivity index (χ1) is 7.72. The Morgan fingerprint density at radius 2 is 1.88 bits per heavy atom. The van der Waals surface area contributed by atoms with E-state index in [1.165, 1.54) is 27.8 Å². The van der Waals surface area contributed by atoms with Crippen LogP contribution in [0.1, 0.15) is 30.0 Å². The summed E-state index contributed by atoms with van der Waals surface area (Å²) in [6.45, 7) is 4.35. The first-order valence-corrected chi connectivity index (χ1v) is 5.89. The molecule has 0 atom stereocenters. The number of hydrogen-bond acceptors (Lipinski definition) is 0. The monoisotopic (exact) mass is 208 g/mol. The molecule has 3 rings (SSSR count). The maximum absolute atomic E-state index is 2.34. The van der Waals surface area contributed by atoms with Crippen molar-refractivity contribution in [2.45, 2.75) is 26.7 Å². The molecule has 1 aromatic rings. The topological polar surface area (TPSA) is 0 Å². The van der Waals surface area contributed by atoms with Crippen LogP contribution in [0.4, 0.5) is 0 Å². The van der Waals surface area contributed by atoms with Crippen molar-refractivity contribution in [2.75, 3.05) is 0 Å². The van der Waals surface area contributed by atoms with Crippen molar-refractivity contribution < 1.29 is 0 Å². The summed E-state index contributed by atoms with van der Waals surface area (Å²) >= 11 is 0. The zero-order valence-corrected chi connectivity index (χ0v) is 9.88. The van der Waals surface area contributed by atoms with E-state index < -0.39 is 0 Å². The van der Waals surface area contributed by atoms with E-state index in [9.17, 15) is 0 Å². The fourth-order valence-corrected chi connectivity index (χ4v) is 2.68. The number of allylic oxidation sites excluding steroid dienone is 6. The summed E-state index contributed by atoms with van der Waals surface area (Å²) in [6.07, 6.45) is 9.11. The van der Waals surface area contributed by atoms with Gasteiger partial charge in [0.25, 0.3) is 0 Å². The van der Waals surface area contributed by atoms with Gasteiger partial charge in [-0.3, -0.25) is 0 Å². The highest BCUT2D eigenvalue weighted by Gasteiger charge is 2.18. The Hall–Kier alpha value is -1.56. The van der Waals surface area contributed by atoms with Crippen LogP contribution in [0.3, 0.4) is 0 Å². The molecular weight excluding hydrogens is 192 g/mol. The second-order valence-electron chi connectivity index (χ2n) is 4.92. The van der Waals surface area contributed by atoms with Gasteiger partial charge in [0, 0.05) is 0 Å². The molecule has 0 unspecified atom stereocenters. The minimum Gasteiger partial charge on any atom is -0.0611 e. The SMILES string of the molecule is CC1=CC=C2CC(=C1)Cc1cc(C)ccc12. The van der Waals surface area contributed by atoms with E-state index in [2.05, 4.69) is 50.3 Å². The van der Waals surface area contributed by atoms with Crippen LogP contribution >= 0.6 is 0 Å². The van der Waals surface area contributed by atoms with Crippen LogP contribution in [0.25, 0.3) is 5.57 Å². The van der Waals surface area contributed by atoms with E-state index in [4.69, 9.17) is 0 Å². The summed E-state index contributed by atoms with van der Waals surface area (Å²) in [7, 11) is 0. The maximum Gasteiger partial charge on any atom is -0.00544 e. The molecule has 0 saturated heterocycles. The molecule has 0 aromatic heterocycles. The molecular formula is C16H16. The molecule has 0 heterocycles. The Balaban J connectivity index is 2.20. The van der Waals surface area contributed by atoms with Crippen molar-refractivity contribution in [3.8, 4) is 0 Å². The zero-order chi connectivity index (χ0) is 11.1. The van der Waals surface area contributed by atoms with E-state index in [1.807, 2.05) is 0 Å². The molecule has 0 heteroatoms. The first kappa shape index (κ1) is 9.65. The average molecular weight is 208 g/mol. The third kappa shape index (κ3) is 1.55. The van der Waals surface area contributed by atoms with Crippen molar-refractivity contribution in [3.05, 3.63) is 64.3 Å². The molecule has 0 spiro atoms. The Kier molecular flexibility index (Phi) is 2.10. The molecule has 0 aliphatic heterocycles. The normalized spacial score (nSPS) is 18.0. The molecule has 0 amide bonds. The Labute approximate surface area is 97.0 Å². The predicted octanol–water partition coefficient (Wildman–Crippen LogP) is 4.21. The van der Waals surface area contributed by atoms with E-state index in [0.29, 0.717) is 0 Å². The molecule has 0 nitrogen and oxygen atoms in total. The lowest BCUT2D eigenvalue weighted by Crippen LogP contribution is -2.04. The van der Waals surface area contributed by atoms with Crippen LogP contribution in [0.5, 0.6) is 0 Å². The van der Waals surface area contributed by atoms with E-state index in [0.717, 1.165) is 12.8 Å². The molecule has 80 valence electrons. The van der Waals surface area contributed by atoms with Gasteiger partial charge in [0.15, 0.2) is 0 Å². The minimum absolute atomic E-state index is 1.12. The Morgan fingerprint density at radius 3 is 2.75 bits per heavy atom. The number of benzene rings is 1. The summed E-state index contributed by atoms with van der Waals surface area (Å²) in [6, 6.07) is 6.83. The van der Waals surface area contributed by atoms with Crippen LogP contribution in [0.2, 0.25) is 0 Å². The van der Waals surface area contributed by atoms with Gasteiger partial charge in [-0.1, -0.05) is 53.1 Å². The average Bonchev–Trinajstić information content (AvgIpc) is 2.38. The van der Waals surface area contributed by atoms with Gasteiger partial charge in [0.2, 0.25) is 0 Å². The quantitative estimate of drug-likeness (QED) is 0.599. The number of aryl methyl sites for hydroxylation is 1. The lowest BCUT2D eigenvalue weighted by Gasteiger charge is -2.21. The van der Waals surface area contributed by atoms with Crippen molar-refractivity contribution >= 4 is 5.57 Å². The second kappa shape index (κ2) is 3.48. The number of rotatable bonds is 0. The van der Waals surface area contributed by atoms with Crippen LogP contribution in [0.15, 0.2) is 47.6 Å². The summed E-state index contributed by atoms with van der Waals surface area (Å²) in [5.41, 5.74) is 8.71. The number of hydrogen-bond donors (Lipinski definition) is 0. The number of fused-ring (bicyclic) bond motifs is 4. The third-order valence-electron chi connectivity index (χ3n) is 3.42. The van der Waals surface area contributed by atoms with Gasteiger partial charge in [-0.2, -0.15) is 0 Å². The Bertz CT molecular complexity index is 539. The van der Waals surface area contributed by atoms with Gasteiger partial charge >= 0.3 is 0 Å². The third-order valence-corrected chi connectivity index (χ3v) is 3.42. The lowest BCUT2D eigenvalue weighted by molar-refractivity contribution is 1.02. The fraction of sp³-hybridized carbons (Fsp3) is 0.250. The van der Waals surface area contributed by atoms with Crippen LogP contribution in [-0.2, 0) is 6.42 Å². The molecule has 16 heavy (non-hydrogen) atoms. The minimum atomic E-state index is 1.12. The molecule has 0 N–H and O–H groups in total. The Morgan fingerprint density at radius 1 is 1.00 bits per heavy atom. The largest absolute Gasteiger partial charge is 0.0611 e. The molecule has 1 aromatic carbocycles. The second-order valence-corrected chi connectivity index (χ2v) is 4.92. The smallest absolute Gasteiger partial charge is 0.00544 e. The van der Waals surface area contributed by atoms with Gasteiger partial charge < -0.3 is 0 Å². The molecule has 2 aliphatic carbocycles. The van der Waals surface area contributed by atoms with Crippen molar-refractivity contribution in [2.24, 2.45) is 0 Å². The van der Waals surface area contributed by atoms with E-state index >= 15 is 0 Å². The van der Waals surface area contributed by atoms with E-state index in [-0.39, 0.29) is 0 Å². The lowest BCUT2D eigenvalue weighted by atomic mass is 9.83. The van der Waals surface area contributed by atoms with Gasteiger partial charge in [-0.15, -0.1) is 0 Å². The van der Waals surface area contributed by atoms with Crippen LogP contribution in [0, 0.1) is 6.92 Å². The highest BCUT2D eigenvalue weighted by atomic mass is 14.2. The summed E-state index contributed by atoms with van der Waals surface area (Å²) in [5, 5.41) is 0. The highest BCUT2D eigenvalue weighted by Crippen LogP contribution is 2.36.